The van der Waals surface area contributed by atoms with Crippen molar-refractivity contribution in [1.82, 2.24) is 9.62 Å². The molecule has 1 amide bonds. The van der Waals surface area contributed by atoms with Gasteiger partial charge in [0.25, 0.3) is 5.91 Å². The third-order valence-corrected chi connectivity index (χ3v) is 6.49. The molecule has 0 aromatic heterocycles. The number of rotatable bonds is 5. The van der Waals surface area contributed by atoms with Gasteiger partial charge in [-0.3, -0.25) is 4.79 Å². The second-order valence-electron chi connectivity index (χ2n) is 6.47. The van der Waals surface area contributed by atoms with Crippen LogP contribution < -0.4 is 5.32 Å². The van der Waals surface area contributed by atoms with E-state index in [4.69, 9.17) is 4.74 Å². The van der Waals surface area contributed by atoms with Crippen molar-refractivity contribution in [3.05, 3.63) is 48.0 Å². The van der Waals surface area contributed by atoms with Crippen molar-refractivity contribution in [2.24, 2.45) is 5.92 Å². The van der Waals surface area contributed by atoms with Crippen molar-refractivity contribution in [1.29, 1.82) is 0 Å². The molecule has 1 aliphatic heterocycles. The average molecular weight is 362 g/mol. The van der Waals surface area contributed by atoms with Crippen LogP contribution in [0.4, 0.5) is 0 Å². The van der Waals surface area contributed by atoms with E-state index in [0.717, 1.165) is 10.8 Å². The van der Waals surface area contributed by atoms with E-state index in [0.29, 0.717) is 18.8 Å². The number of amides is 1. The lowest BCUT2D eigenvalue weighted by molar-refractivity contribution is 0.0927. The van der Waals surface area contributed by atoms with Gasteiger partial charge >= 0.3 is 0 Å². The van der Waals surface area contributed by atoms with Crippen molar-refractivity contribution in [3.8, 4) is 0 Å². The van der Waals surface area contributed by atoms with Crippen molar-refractivity contribution in [2.75, 3.05) is 33.1 Å². The van der Waals surface area contributed by atoms with Crippen LogP contribution in [0.3, 0.4) is 0 Å². The summed E-state index contributed by atoms with van der Waals surface area (Å²) in [6, 6.07) is 12.9. The Morgan fingerprint density at radius 1 is 1.16 bits per heavy atom. The van der Waals surface area contributed by atoms with Gasteiger partial charge < -0.3 is 10.1 Å². The van der Waals surface area contributed by atoms with Gasteiger partial charge in [-0.15, -0.1) is 0 Å². The minimum absolute atomic E-state index is 0.0412. The topological polar surface area (TPSA) is 75.7 Å². The minimum Gasteiger partial charge on any atom is -0.379 e. The zero-order chi connectivity index (χ0) is 18.0. The monoisotopic (exact) mass is 362 g/mol. The van der Waals surface area contributed by atoms with Crippen LogP contribution in [0.15, 0.2) is 42.5 Å². The van der Waals surface area contributed by atoms with E-state index in [1.165, 1.54) is 18.4 Å². The SMILES string of the molecule is CN(C)S(=O)(=O)CC1COCC1NC(=O)c1cccc2ccccc12. The number of carbonyl (C=O) groups is 1. The molecular formula is C18H22N2O4S. The Bertz CT molecular complexity index is 874. The van der Waals surface area contributed by atoms with Crippen LogP contribution in [-0.4, -0.2) is 57.7 Å². The van der Waals surface area contributed by atoms with Crippen LogP contribution in [-0.2, 0) is 14.8 Å². The molecule has 2 unspecified atom stereocenters. The molecule has 0 spiro atoms. The Labute approximate surface area is 147 Å². The van der Waals surface area contributed by atoms with Gasteiger partial charge in [-0.25, -0.2) is 12.7 Å². The molecule has 2 aromatic rings. The lowest BCUT2D eigenvalue weighted by Crippen LogP contribution is -2.43. The first kappa shape index (κ1) is 17.8. The molecule has 0 saturated carbocycles. The summed E-state index contributed by atoms with van der Waals surface area (Å²) in [6.45, 7) is 0.650. The number of nitrogens with one attached hydrogen (secondary N) is 1. The first-order valence-electron chi connectivity index (χ1n) is 8.15. The molecule has 134 valence electrons. The highest BCUT2D eigenvalue weighted by molar-refractivity contribution is 7.89. The quantitative estimate of drug-likeness (QED) is 0.874. The standard InChI is InChI=1S/C18H22N2O4S/c1-20(2)25(22,23)12-14-10-24-11-17(14)19-18(21)16-9-5-7-13-6-3-4-8-15(13)16/h3-9,14,17H,10-12H2,1-2H3,(H,19,21). The van der Waals surface area contributed by atoms with Gasteiger partial charge in [-0.1, -0.05) is 36.4 Å². The molecule has 0 aliphatic carbocycles. The van der Waals surface area contributed by atoms with Crippen molar-refractivity contribution in [2.45, 2.75) is 6.04 Å². The molecule has 2 atom stereocenters. The van der Waals surface area contributed by atoms with Crippen LogP contribution in [0.2, 0.25) is 0 Å². The molecule has 3 rings (SSSR count). The van der Waals surface area contributed by atoms with Crippen LogP contribution in [0, 0.1) is 5.92 Å². The summed E-state index contributed by atoms with van der Waals surface area (Å²) in [5.74, 6) is -0.508. The van der Waals surface area contributed by atoms with E-state index >= 15 is 0 Å². The average Bonchev–Trinajstić information content (AvgIpc) is 3.00. The number of nitrogens with zero attached hydrogens (tertiary/aromatic N) is 1. The third-order valence-electron chi connectivity index (χ3n) is 4.53. The number of carbonyl (C=O) groups excluding carboxylic acids is 1. The Morgan fingerprint density at radius 2 is 1.88 bits per heavy atom. The summed E-state index contributed by atoms with van der Waals surface area (Å²) in [6.07, 6.45) is 0. The van der Waals surface area contributed by atoms with E-state index in [2.05, 4.69) is 5.32 Å². The maximum absolute atomic E-state index is 12.7. The molecule has 1 heterocycles. The number of sulfonamides is 1. The molecular weight excluding hydrogens is 340 g/mol. The predicted molar refractivity (Wildman–Crippen MR) is 97.0 cm³/mol. The molecule has 1 aliphatic rings. The number of hydrogen-bond donors (Lipinski definition) is 1. The zero-order valence-corrected chi connectivity index (χ0v) is 15.1. The number of hydrogen-bond acceptors (Lipinski definition) is 4. The highest BCUT2D eigenvalue weighted by Gasteiger charge is 2.34. The highest BCUT2D eigenvalue weighted by atomic mass is 32.2. The highest BCUT2D eigenvalue weighted by Crippen LogP contribution is 2.21. The number of fused-ring (bicyclic) bond motifs is 1. The second-order valence-corrected chi connectivity index (χ2v) is 8.69. The summed E-state index contributed by atoms with van der Waals surface area (Å²) >= 11 is 0. The normalized spacial score (nSPS) is 20.9. The second kappa shape index (κ2) is 7.11. The Morgan fingerprint density at radius 3 is 2.64 bits per heavy atom. The molecule has 0 radical (unpaired) electrons. The van der Waals surface area contributed by atoms with Crippen molar-refractivity contribution < 1.29 is 17.9 Å². The fraction of sp³-hybridized carbons (Fsp3) is 0.389. The maximum Gasteiger partial charge on any atom is 0.252 e. The molecule has 1 N–H and O–H groups in total. The lowest BCUT2D eigenvalue weighted by atomic mass is 10.0. The first-order valence-corrected chi connectivity index (χ1v) is 9.76. The molecule has 1 fully saturated rings. The van der Waals surface area contributed by atoms with Crippen LogP contribution in [0.5, 0.6) is 0 Å². The summed E-state index contributed by atoms with van der Waals surface area (Å²) in [5, 5.41) is 4.82. The van der Waals surface area contributed by atoms with Crippen molar-refractivity contribution in [3.63, 3.8) is 0 Å². The Balaban J connectivity index is 1.78. The third kappa shape index (κ3) is 3.84. The summed E-state index contributed by atoms with van der Waals surface area (Å²) in [7, 11) is -0.330. The van der Waals surface area contributed by atoms with Crippen LogP contribution in [0.1, 0.15) is 10.4 Å². The Hall–Kier alpha value is -1.96. The number of benzene rings is 2. The van der Waals surface area contributed by atoms with Gasteiger partial charge in [-0.05, 0) is 16.8 Å². The van der Waals surface area contributed by atoms with Crippen molar-refractivity contribution >= 4 is 26.7 Å². The van der Waals surface area contributed by atoms with E-state index < -0.39 is 10.0 Å². The van der Waals surface area contributed by atoms with Gasteiger partial charge in [0, 0.05) is 25.6 Å². The first-order chi connectivity index (χ1) is 11.9. The fourth-order valence-electron chi connectivity index (χ4n) is 3.01. The largest absolute Gasteiger partial charge is 0.379 e. The lowest BCUT2D eigenvalue weighted by Gasteiger charge is -2.21. The van der Waals surface area contributed by atoms with Crippen LogP contribution >= 0.6 is 0 Å². The summed E-state index contributed by atoms with van der Waals surface area (Å²) in [4.78, 5) is 12.7. The molecule has 25 heavy (non-hydrogen) atoms. The molecule has 7 heteroatoms. The Kier molecular flexibility index (Phi) is 5.08. The van der Waals surface area contributed by atoms with E-state index in [1.54, 1.807) is 6.07 Å². The van der Waals surface area contributed by atoms with E-state index in [1.807, 2.05) is 36.4 Å². The molecule has 1 saturated heterocycles. The van der Waals surface area contributed by atoms with Gasteiger partial charge in [0.2, 0.25) is 10.0 Å². The fourth-order valence-corrected chi connectivity index (χ4v) is 4.18. The van der Waals surface area contributed by atoms with Gasteiger partial charge in [0.15, 0.2) is 0 Å². The van der Waals surface area contributed by atoms with Gasteiger partial charge in [-0.2, -0.15) is 0 Å². The molecule has 6 nitrogen and oxygen atoms in total. The minimum atomic E-state index is -3.35. The number of ether oxygens (including phenoxy) is 1. The molecule has 0 bridgehead atoms. The summed E-state index contributed by atoms with van der Waals surface area (Å²) < 4.78 is 30.9. The van der Waals surface area contributed by atoms with Crippen LogP contribution in [0.25, 0.3) is 10.8 Å². The predicted octanol–water partition coefficient (Wildman–Crippen LogP) is 1.48. The zero-order valence-electron chi connectivity index (χ0n) is 14.3. The summed E-state index contributed by atoms with van der Waals surface area (Å²) in [5.41, 5.74) is 0.583. The van der Waals surface area contributed by atoms with Gasteiger partial charge in [0.05, 0.1) is 25.0 Å². The molecule has 2 aromatic carbocycles. The van der Waals surface area contributed by atoms with E-state index in [-0.39, 0.29) is 23.6 Å². The van der Waals surface area contributed by atoms with Gasteiger partial charge in [0.1, 0.15) is 0 Å². The smallest absolute Gasteiger partial charge is 0.252 e. The van der Waals surface area contributed by atoms with E-state index in [9.17, 15) is 13.2 Å². The maximum atomic E-state index is 12.7.